The highest BCUT2D eigenvalue weighted by Crippen LogP contribution is 2.25. The maximum atomic E-state index is 4.47. The molecule has 1 N–H and O–H groups in total. The number of hydrogen-bond acceptors (Lipinski definition) is 4. The van der Waals surface area contributed by atoms with Gasteiger partial charge in [0.2, 0.25) is 0 Å². The van der Waals surface area contributed by atoms with Crippen LogP contribution in [-0.2, 0) is 6.54 Å². The Bertz CT molecular complexity index is 348. The van der Waals surface area contributed by atoms with Crippen LogP contribution in [0.3, 0.4) is 0 Å². The molecule has 1 atom stereocenters. The van der Waals surface area contributed by atoms with E-state index in [1.54, 1.807) is 0 Å². The third kappa shape index (κ3) is 4.57. The minimum atomic E-state index is 0.351. The highest BCUT2D eigenvalue weighted by Gasteiger charge is 2.18. The third-order valence-corrected chi connectivity index (χ3v) is 3.98. The van der Waals surface area contributed by atoms with Crippen LogP contribution in [0.15, 0.2) is 10.7 Å². The number of thioether (sulfide) groups is 1. The summed E-state index contributed by atoms with van der Waals surface area (Å²) >= 11 is 5.47. The van der Waals surface area contributed by atoms with E-state index in [9.17, 15) is 0 Å². The van der Waals surface area contributed by atoms with E-state index in [-0.39, 0.29) is 0 Å². The fourth-order valence-corrected chi connectivity index (χ4v) is 3.02. The summed E-state index contributed by atoms with van der Waals surface area (Å²) in [7, 11) is 4.17. The van der Waals surface area contributed by atoms with Crippen LogP contribution in [0, 0.1) is 0 Å². The SMILES string of the molecule is CCNC(CSC)c1c(Br)cnn1CCN(C)C. The molecule has 0 fully saturated rings. The summed E-state index contributed by atoms with van der Waals surface area (Å²) < 4.78 is 3.20. The first-order valence-electron chi connectivity index (χ1n) is 6.18. The van der Waals surface area contributed by atoms with E-state index in [1.807, 2.05) is 18.0 Å². The van der Waals surface area contributed by atoms with Crippen molar-refractivity contribution in [2.75, 3.05) is 39.2 Å². The second kappa shape index (κ2) is 8.19. The molecule has 1 heterocycles. The molecule has 0 aliphatic carbocycles. The van der Waals surface area contributed by atoms with Gasteiger partial charge in [0.25, 0.3) is 0 Å². The number of nitrogens with zero attached hydrogens (tertiary/aromatic N) is 3. The van der Waals surface area contributed by atoms with Gasteiger partial charge in [-0.1, -0.05) is 6.92 Å². The number of aromatic nitrogens is 2. The monoisotopic (exact) mass is 334 g/mol. The molecule has 6 heteroatoms. The average molecular weight is 335 g/mol. The summed E-state index contributed by atoms with van der Waals surface area (Å²) in [6.45, 7) is 5.03. The molecule has 0 bridgehead atoms. The molecule has 18 heavy (non-hydrogen) atoms. The van der Waals surface area contributed by atoms with E-state index in [0.717, 1.165) is 29.9 Å². The van der Waals surface area contributed by atoms with Gasteiger partial charge < -0.3 is 10.2 Å². The predicted octanol–water partition coefficient (Wildman–Crippen LogP) is 2.22. The molecule has 1 aromatic rings. The van der Waals surface area contributed by atoms with E-state index in [2.05, 4.69) is 63.2 Å². The highest BCUT2D eigenvalue weighted by molar-refractivity contribution is 9.10. The molecule has 0 aliphatic rings. The molecule has 104 valence electrons. The van der Waals surface area contributed by atoms with Crippen LogP contribution < -0.4 is 5.32 Å². The Morgan fingerprint density at radius 2 is 2.28 bits per heavy atom. The zero-order valence-corrected chi connectivity index (χ0v) is 14.0. The van der Waals surface area contributed by atoms with Gasteiger partial charge in [0.1, 0.15) is 0 Å². The lowest BCUT2D eigenvalue weighted by Crippen LogP contribution is -2.28. The molecule has 1 aromatic heterocycles. The smallest absolute Gasteiger partial charge is 0.0704 e. The van der Waals surface area contributed by atoms with Crippen molar-refractivity contribution in [1.82, 2.24) is 20.0 Å². The first-order chi connectivity index (χ1) is 8.60. The number of halogens is 1. The van der Waals surface area contributed by atoms with Gasteiger partial charge in [-0.05, 0) is 42.8 Å². The summed E-state index contributed by atoms with van der Waals surface area (Å²) in [6.07, 6.45) is 4.04. The van der Waals surface area contributed by atoms with Crippen molar-refractivity contribution in [3.63, 3.8) is 0 Å². The Kier molecular flexibility index (Phi) is 7.29. The van der Waals surface area contributed by atoms with Crippen molar-refractivity contribution in [1.29, 1.82) is 0 Å². The molecule has 0 saturated heterocycles. The Hall–Kier alpha value is -0.0400. The lowest BCUT2D eigenvalue weighted by Gasteiger charge is -2.20. The molecule has 1 rings (SSSR count). The van der Waals surface area contributed by atoms with E-state index in [0.29, 0.717) is 6.04 Å². The Morgan fingerprint density at radius 3 is 2.83 bits per heavy atom. The largest absolute Gasteiger partial charge is 0.308 e. The van der Waals surface area contributed by atoms with Gasteiger partial charge in [-0.2, -0.15) is 16.9 Å². The zero-order chi connectivity index (χ0) is 13.5. The summed E-state index contributed by atoms with van der Waals surface area (Å²) in [5, 5.41) is 8.00. The van der Waals surface area contributed by atoms with Gasteiger partial charge in [0.05, 0.1) is 29.0 Å². The first kappa shape index (κ1) is 16.0. The van der Waals surface area contributed by atoms with Crippen molar-refractivity contribution in [2.24, 2.45) is 0 Å². The maximum Gasteiger partial charge on any atom is 0.0704 e. The van der Waals surface area contributed by atoms with E-state index >= 15 is 0 Å². The van der Waals surface area contributed by atoms with Crippen molar-refractivity contribution in [2.45, 2.75) is 19.5 Å². The number of likely N-dealkylation sites (N-methyl/N-ethyl adjacent to an activating group) is 1. The maximum absolute atomic E-state index is 4.47. The third-order valence-electron chi connectivity index (χ3n) is 2.71. The lowest BCUT2D eigenvalue weighted by atomic mass is 10.2. The van der Waals surface area contributed by atoms with Crippen molar-refractivity contribution >= 4 is 27.7 Å². The van der Waals surface area contributed by atoms with Crippen molar-refractivity contribution < 1.29 is 0 Å². The van der Waals surface area contributed by atoms with Crippen LogP contribution in [0.25, 0.3) is 0 Å². The van der Waals surface area contributed by atoms with Gasteiger partial charge in [-0.15, -0.1) is 0 Å². The fraction of sp³-hybridized carbons (Fsp3) is 0.750. The van der Waals surface area contributed by atoms with Crippen LogP contribution in [0.5, 0.6) is 0 Å². The molecular formula is C12H23BrN4S. The van der Waals surface area contributed by atoms with Crippen LogP contribution in [-0.4, -0.2) is 53.9 Å². The van der Waals surface area contributed by atoms with Gasteiger partial charge in [0, 0.05) is 12.3 Å². The van der Waals surface area contributed by atoms with Gasteiger partial charge in [-0.25, -0.2) is 0 Å². The second-order valence-corrected chi connectivity index (χ2v) is 6.23. The van der Waals surface area contributed by atoms with E-state index in [4.69, 9.17) is 0 Å². The number of rotatable bonds is 8. The average Bonchev–Trinajstić information content (AvgIpc) is 2.67. The van der Waals surface area contributed by atoms with Gasteiger partial charge in [-0.3, -0.25) is 4.68 Å². The van der Waals surface area contributed by atoms with E-state index < -0.39 is 0 Å². The topological polar surface area (TPSA) is 33.1 Å². The summed E-state index contributed by atoms with van der Waals surface area (Å²) in [4.78, 5) is 2.18. The molecular weight excluding hydrogens is 312 g/mol. The number of nitrogens with one attached hydrogen (secondary N) is 1. The Morgan fingerprint density at radius 1 is 1.56 bits per heavy atom. The van der Waals surface area contributed by atoms with Crippen LogP contribution in [0.1, 0.15) is 18.7 Å². The summed E-state index contributed by atoms with van der Waals surface area (Å²) in [6, 6.07) is 0.351. The molecule has 0 spiro atoms. The van der Waals surface area contributed by atoms with Crippen LogP contribution in [0.4, 0.5) is 0 Å². The van der Waals surface area contributed by atoms with Crippen molar-refractivity contribution in [3.8, 4) is 0 Å². The Balaban J connectivity index is 2.85. The zero-order valence-electron chi connectivity index (χ0n) is 11.6. The molecule has 1 unspecified atom stereocenters. The standard InChI is InChI=1S/C12H23BrN4S/c1-5-14-11(9-18-4)12-10(13)8-15-17(12)7-6-16(2)3/h8,11,14H,5-7,9H2,1-4H3. The first-order valence-corrected chi connectivity index (χ1v) is 8.37. The number of hydrogen-bond donors (Lipinski definition) is 1. The minimum absolute atomic E-state index is 0.351. The van der Waals surface area contributed by atoms with E-state index in [1.165, 1.54) is 5.69 Å². The van der Waals surface area contributed by atoms with Crippen LogP contribution >= 0.6 is 27.7 Å². The van der Waals surface area contributed by atoms with Gasteiger partial charge >= 0.3 is 0 Å². The molecule has 0 radical (unpaired) electrons. The highest BCUT2D eigenvalue weighted by atomic mass is 79.9. The molecule has 0 aromatic carbocycles. The lowest BCUT2D eigenvalue weighted by molar-refractivity contribution is 0.364. The van der Waals surface area contributed by atoms with Crippen LogP contribution in [0.2, 0.25) is 0 Å². The second-order valence-electron chi connectivity index (χ2n) is 4.47. The molecule has 0 amide bonds. The summed E-state index contributed by atoms with van der Waals surface area (Å²) in [5.41, 5.74) is 1.26. The normalized spacial score (nSPS) is 13.2. The van der Waals surface area contributed by atoms with Crippen molar-refractivity contribution in [3.05, 3.63) is 16.4 Å². The predicted molar refractivity (Wildman–Crippen MR) is 83.3 cm³/mol. The minimum Gasteiger partial charge on any atom is -0.308 e. The Labute approximate surface area is 123 Å². The fourth-order valence-electron chi connectivity index (χ4n) is 1.84. The molecule has 0 saturated carbocycles. The van der Waals surface area contributed by atoms with Gasteiger partial charge in [0.15, 0.2) is 0 Å². The summed E-state index contributed by atoms with van der Waals surface area (Å²) in [5.74, 6) is 1.06. The quantitative estimate of drug-likeness (QED) is 0.790. The molecule has 4 nitrogen and oxygen atoms in total. The molecule has 0 aliphatic heterocycles.